The fraction of sp³-hybridized carbons (Fsp3) is 0.263. The molecule has 24 heavy (non-hydrogen) atoms. The fourth-order valence-electron chi connectivity index (χ4n) is 2.11. The summed E-state index contributed by atoms with van der Waals surface area (Å²) >= 11 is 1.60. The summed E-state index contributed by atoms with van der Waals surface area (Å²) in [6.45, 7) is 5.43. The second kappa shape index (κ2) is 8.02. The van der Waals surface area contributed by atoms with Gasteiger partial charge < -0.3 is 10.1 Å². The zero-order valence-electron chi connectivity index (χ0n) is 14.3. The second-order valence-corrected chi connectivity index (χ2v) is 6.46. The number of carbonyl (C=O) groups is 2. The molecule has 2 aromatic rings. The third kappa shape index (κ3) is 4.61. The van der Waals surface area contributed by atoms with Crippen molar-refractivity contribution < 1.29 is 14.3 Å². The van der Waals surface area contributed by atoms with Gasteiger partial charge in [-0.15, -0.1) is 11.8 Å². The SMILES string of the molecule is CSc1ccc(C(=O)O[C@@H](C)C(=O)Nc2cc(C)ccc2C)cc1. The molecule has 0 spiro atoms. The minimum atomic E-state index is -0.877. The van der Waals surface area contributed by atoms with Gasteiger partial charge in [0, 0.05) is 10.6 Å². The van der Waals surface area contributed by atoms with Crippen LogP contribution in [0.4, 0.5) is 5.69 Å². The number of amides is 1. The van der Waals surface area contributed by atoms with Gasteiger partial charge in [0.05, 0.1) is 5.56 Å². The van der Waals surface area contributed by atoms with Crippen LogP contribution in [-0.4, -0.2) is 24.2 Å². The van der Waals surface area contributed by atoms with E-state index in [4.69, 9.17) is 4.74 Å². The number of ether oxygens (including phenoxy) is 1. The van der Waals surface area contributed by atoms with E-state index in [1.165, 1.54) is 0 Å². The molecule has 0 aromatic heterocycles. The molecule has 126 valence electrons. The minimum absolute atomic E-state index is 0.349. The Morgan fingerprint density at radius 2 is 1.75 bits per heavy atom. The molecule has 0 aliphatic heterocycles. The van der Waals surface area contributed by atoms with E-state index in [0.29, 0.717) is 5.56 Å². The molecule has 1 N–H and O–H groups in total. The van der Waals surface area contributed by atoms with Gasteiger partial charge in [-0.2, -0.15) is 0 Å². The molecule has 2 rings (SSSR count). The molecule has 0 heterocycles. The first kappa shape index (κ1) is 18.1. The average Bonchev–Trinajstić information content (AvgIpc) is 2.58. The van der Waals surface area contributed by atoms with Crippen molar-refractivity contribution in [2.75, 3.05) is 11.6 Å². The van der Waals surface area contributed by atoms with E-state index in [-0.39, 0.29) is 5.91 Å². The van der Waals surface area contributed by atoms with E-state index in [2.05, 4.69) is 5.32 Å². The van der Waals surface area contributed by atoms with Gasteiger partial charge in [0.2, 0.25) is 0 Å². The van der Waals surface area contributed by atoms with Crippen LogP contribution in [0.3, 0.4) is 0 Å². The van der Waals surface area contributed by atoms with Crippen LogP contribution in [0.25, 0.3) is 0 Å². The predicted molar refractivity (Wildman–Crippen MR) is 97.6 cm³/mol. The van der Waals surface area contributed by atoms with Crippen LogP contribution in [0.1, 0.15) is 28.4 Å². The smallest absolute Gasteiger partial charge is 0.338 e. The first-order valence-corrected chi connectivity index (χ1v) is 8.86. The Morgan fingerprint density at radius 3 is 2.38 bits per heavy atom. The Balaban J connectivity index is 1.99. The Bertz CT molecular complexity index is 741. The van der Waals surface area contributed by atoms with Crippen molar-refractivity contribution in [3.63, 3.8) is 0 Å². The monoisotopic (exact) mass is 343 g/mol. The van der Waals surface area contributed by atoms with Crippen LogP contribution in [0.5, 0.6) is 0 Å². The number of thioether (sulfide) groups is 1. The van der Waals surface area contributed by atoms with Crippen molar-refractivity contribution in [1.29, 1.82) is 0 Å². The molecule has 1 atom stereocenters. The molecule has 0 saturated heterocycles. The first-order chi connectivity index (χ1) is 11.4. The summed E-state index contributed by atoms with van der Waals surface area (Å²) in [5.41, 5.74) is 3.17. The van der Waals surface area contributed by atoms with Gasteiger partial charge in [0.15, 0.2) is 6.10 Å². The normalized spacial score (nSPS) is 11.7. The van der Waals surface area contributed by atoms with Gasteiger partial charge in [0.1, 0.15) is 0 Å². The summed E-state index contributed by atoms with van der Waals surface area (Å²) in [6, 6.07) is 12.9. The number of anilines is 1. The minimum Gasteiger partial charge on any atom is -0.449 e. The highest BCUT2D eigenvalue weighted by molar-refractivity contribution is 7.98. The number of nitrogens with one attached hydrogen (secondary N) is 1. The molecule has 0 radical (unpaired) electrons. The zero-order chi connectivity index (χ0) is 17.7. The Kier molecular flexibility index (Phi) is 6.04. The molecule has 0 saturated carbocycles. The van der Waals surface area contributed by atoms with Crippen LogP contribution < -0.4 is 5.32 Å². The van der Waals surface area contributed by atoms with E-state index in [1.807, 2.05) is 50.4 Å². The van der Waals surface area contributed by atoms with Gasteiger partial charge >= 0.3 is 5.97 Å². The quantitative estimate of drug-likeness (QED) is 0.653. The Labute approximate surface area is 146 Å². The Morgan fingerprint density at radius 1 is 1.08 bits per heavy atom. The van der Waals surface area contributed by atoms with Crippen molar-refractivity contribution in [3.8, 4) is 0 Å². The average molecular weight is 343 g/mol. The molecule has 5 heteroatoms. The lowest BCUT2D eigenvalue weighted by atomic mass is 10.1. The number of benzene rings is 2. The highest BCUT2D eigenvalue weighted by atomic mass is 32.2. The van der Waals surface area contributed by atoms with Gasteiger partial charge in [-0.3, -0.25) is 4.79 Å². The van der Waals surface area contributed by atoms with E-state index in [1.54, 1.807) is 30.8 Å². The van der Waals surface area contributed by atoms with E-state index in [0.717, 1.165) is 21.7 Å². The summed E-state index contributed by atoms with van der Waals surface area (Å²) in [6.07, 6.45) is 1.09. The summed E-state index contributed by atoms with van der Waals surface area (Å²) in [4.78, 5) is 25.4. The first-order valence-electron chi connectivity index (χ1n) is 7.64. The van der Waals surface area contributed by atoms with Crippen LogP contribution >= 0.6 is 11.8 Å². The molecule has 0 aliphatic rings. The number of hydrogen-bond acceptors (Lipinski definition) is 4. The van der Waals surface area contributed by atoms with Gasteiger partial charge in [-0.05, 0) is 68.5 Å². The second-order valence-electron chi connectivity index (χ2n) is 5.58. The van der Waals surface area contributed by atoms with Crippen molar-refractivity contribution >= 4 is 29.3 Å². The maximum atomic E-state index is 12.3. The summed E-state index contributed by atoms with van der Waals surface area (Å²) in [5.74, 6) is -0.857. The maximum absolute atomic E-state index is 12.3. The number of rotatable bonds is 5. The summed E-state index contributed by atoms with van der Waals surface area (Å²) in [5, 5.41) is 2.81. The lowest BCUT2D eigenvalue weighted by Crippen LogP contribution is -2.30. The van der Waals surface area contributed by atoms with Gasteiger partial charge in [0.25, 0.3) is 5.91 Å². The molecule has 2 aromatic carbocycles. The van der Waals surface area contributed by atoms with Crippen LogP contribution in [-0.2, 0) is 9.53 Å². The number of aryl methyl sites for hydroxylation is 2. The van der Waals surface area contributed by atoms with E-state index >= 15 is 0 Å². The largest absolute Gasteiger partial charge is 0.449 e. The standard InChI is InChI=1S/C19H21NO3S/c1-12-5-6-13(2)17(11-12)20-18(21)14(3)23-19(22)15-7-9-16(24-4)10-8-15/h5-11,14H,1-4H3,(H,20,21)/t14-/m0/s1. The van der Waals surface area contributed by atoms with Crippen molar-refractivity contribution in [1.82, 2.24) is 0 Å². The van der Waals surface area contributed by atoms with Crippen LogP contribution in [0.2, 0.25) is 0 Å². The van der Waals surface area contributed by atoms with Crippen molar-refractivity contribution in [2.45, 2.75) is 31.8 Å². The Hall–Kier alpha value is -2.27. The van der Waals surface area contributed by atoms with Crippen molar-refractivity contribution in [3.05, 3.63) is 59.2 Å². The van der Waals surface area contributed by atoms with Crippen LogP contribution in [0.15, 0.2) is 47.4 Å². The zero-order valence-corrected chi connectivity index (χ0v) is 15.1. The fourth-order valence-corrected chi connectivity index (χ4v) is 2.52. The molecule has 0 fully saturated rings. The number of esters is 1. The lowest BCUT2D eigenvalue weighted by Gasteiger charge is -2.15. The molecular weight excluding hydrogens is 322 g/mol. The predicted octanol–water partition coefficient (Wildman–Crippen LogP) is 4.21. The molecule has 4 nitrogen and oxygen atoms in total. The third-order valence-corrected chi connectivity index (χ3v) is 4.37. The molecule has 0 unspecified atom stereocenters. The molecule has 0 bridgehead atoms. The third-order valence-electron chi connectivity index (χ3n) is 3.63. The number of hydrogen-bond donors (Lipinski definition) is 1. The van der Waals surface area contributed by atoms with E-state index < -0.39 is 12.1 Å². The van der Waals surface area contributed by atoms with E-state index in [9.17, 15) is 9.59 Å². The van der Waals surface area contributed by atoms with Crippen molar-refractivity contribution in [2.24, 2.45) is 0 Å². The topological polar surface area (TPSA) is 55.4 Å². The highest BCUT2D eigenvalue weighted by Crippen LogP contribution is 2.18. The summed E-state index contributed by atoms with van der Waals surface area (Å²) in [7, 11) is 0. The van der Waals surface area contributed by atoms with Crippen LogP contribution in [0, 0.1) is 13.8 Å². The van der Waals surface area contributed by atoms with Gasteiger partial charge in [-0.1, -0.05) is 12.1 Å². The lowest BCUT2D eigenvalue weighted by molar-refractivity contribution is -0.123. The number of carbonyl (C=O) groups excluding carboxylic acids is 2. The maximum Gasteiger partial charge on any atom is 0.338 e. The highest BCUT2D eigenvalue weighted by Gasteiger charge is 2.19. The van der Waals surface area contributed by atoms with Gasteiger partial charge in [-0.25, -0.2) is 4.79 Å². The molecular formula is C19H21NO3S. The summed E-state index contributed by atoms with van der Waals surface area (Å²) < 4.78 is 5.26. The molecule has 1 amide bonds. The molecule has 0 aliphatic carbocycles.